The Morgan fingerprint density at radius 2 is 1.95 bits per heavy atom. The van der Waals surface area contributed by atoms with Gasteiger partial charge in [-0.15, -0.1) is 0 Å². The molecule has 0 saturated carbocycles. The molecule has 1 aromatic carbocycles. The van der Waals surface area contributed by atoms with Crippen LogP contribution in [-0.4, -0.2) is 11.5 Å². The van der Waals surface area contributed by atoms with E-state index >= 15 is 0 Å². The second-order valence-electron chi connectivity index (χ2n) is 4.02. The first-order chi connectivity index (χ1) is 10.6. The molecule has 0 spiro atoms. The molecule has 5 nitrogen and oxygen atoms in total. The number of halogens is 1. The first-order valence-corrected chi connectivity index (χ1v) is 6.79. The summed E-state index contributed by atoms with van der Waals surface area (Å²) in [5.74, 6) is 0.0748. The van der Waals surface area contributed by atoms with Gasteiger partial charge in [0.2, 0.25) is 0 Å². The Hall–Kier alpha value is -2.63. The fourth-order valence-corrected chi connectivity index (χ4v) is 1.83. The quantitative estimate of drug-likeness (QED) is 0.609. The zero-order chi connectivity index (χ0) is 16.7. The highest BCUT2D eigenvalue weighted by Gasteiger charge is 2.26. The van der Waals surface area contributed by atoms with Gasteiger partial charge in [-0.25, -0.2) is 4.39 Å². The topological polar surface area (TPSA) is 61.6 Å². The second-order valence-corrected chi connectivity index (χ2v) is 4.02. The van der Waals surface area contributed by atoms with Crippen molar-refractivity contribution in [2.75, 3.05) is 6.61 Å². The van der Waals surface area contributed by atoms with Crippen LogP contribution in [0.3, 0.4) is 0 Å². The van der Waals surface area contributed by atoms with Crippen molar-refractivity contribution in [1.82, 2.24) is 0 Å². The van der Waals surface area contributed by atoms with Crippen LogP contribution in [0.25, 0.3) is 0 Å². The third-order valence-corrected chi connectivity index (χ3v) is 2.81. The predicted octanol–water partition coefficient (Wildman–Crippen LogP) is 4.43. The first-order valence-electron chi connectivity index (χ1n) is 6.79. The van der Waals surface area contributed by atoms with E-state index in [1.165, 1.54) is 24.3 Å². The molecule has 118 valence electrons. The minimum atomic E-state index is -0.710. The van der Waals surface area contributed by atoms with E-state index in [9.17, 15) is 14.5 Å². The van der Waals surface area contributed by atoms with Gasteiger partial charge in [-0.05, 0) is 18.2 Å². The summed E-state index contributed by atoms with van der Waals surface area (Å²) in [5.41, 5.74) is -0.118. The molecule has 6 heteroatoms. The van der Waals surface area contributed by atoms with Crippen LogP contribution in [-0.2, 0) is 9.47 Å². The SMILES string of the molecule is C=CC1=C(C=C)OC(c2ccc([N+](=O)[O-])cc2F)CO1.CC. The third-order valence-electron chi connectivity index (χ3n) is 2.81. The lowest BCUT2D eigenvalue weighted by Crippen LogP contribution is -2.18. The number of ether oxygens (including phenoxy) is 2. The normalized spacial score (nSPS) is 16.6. The summed E-state index contributed by atoms with van der Waals surface area (Å²) in [6.07, 6.45) is 2.22. The van der Waals surface area contributed by atoms with Crippen molar-refractivity contribution < 1.29 is 18.8 Å². The van der Waals surface area contributed by atoms with E-state index in [-0.39, 0.29) is 17.9 Å². The van der Waals surface area contributed by atoms with Gasteiger partial charge in [0.15, 0.2) is 17.6 Å². The number of nitro benzene ring substituents is 1. The molecule has 1 unspecified atom stereocenters. The molecule has 0 aromatic heterocycles. The maximum Gasteiger partial charge on any atom is 0.272 e. The molecular formula is C16H18FNO4. The monoisotopic (exact) mass is 307 g/mol. The highest BCUT2D eigenvalue weighted by Crippen LogP contribution is 2.31. The van der Waals surface area contributed by atoms with Crippen molar-refractivity contribution in [2.24, 2.45) is 0 Å². The smallest absolute Gasteiger partial charge is 0.272 e. The number of hydrogen-bond acceptors (Lipinski definition) is 4. The van der Waals surface area contributed by atoms with Crippen molar-refractivity contribution in [3.8, 4) is 0 Å². The molecule has 0 bridgehead atoms. The molecule has 2 rings (SSSR count). The number of nitro groups is 1. The average molecular weight is 307 g/mol. The summed E-state index contributed by atoms with van der Waals surface area (Å²) in [4.78, 5) is 9.92. The first kappa shape index (κ1) is 17.4. The zero-order valence-electron chi connectivity index (χ0n) is 12.5. The standard InChI is InChI=1S/C14H12FNO4.C2H6/c1-3-12-13(4-2)20-14(8-19-12)10-6-5-9(16(17)18)7-11(10)15;1-2/h3-7,14H,1-2,8H2;1-2H3. The van der Waals surface area contributed by atoms with Crippen molar-refractivity contribution in [3.63, 3.8) is 0 Å². The molecule has 22 heavy (non-hydrogen) atoms. The van der Waals surface area contributed by atoms with Crippen LogP contribution in [0.15, 0.2) is 55.0 Å². The zero-order valence-corrected chi connectivity index (χ0v) is 12.5. The minimum Gasteiger partial charge on any atom is -0.485 e. The highest BCUT2D eigenvalue weighted by atomic mass is 19.1. The van der Waals surface area contributed by atoms with E-state index in [1.807, 2.05) is 13.8 Å². The molecule has 1 heterocycles. The second kappa shape index (κ2) is 7.97. The molecule has 0 aliphatic carbocycles. The Kier molecular flexibility index (Phi) is 6.31. The van der Waals surface area contributed by atoms with Gasteiger partial charge < -0.3 is 9.47 Å². The summed E-state index contributed by atoms with van der Waals surface area (Å²) in [6, 6.07) is 3.40. The molecule has 1 atom stereocenters. The van der Waals surface area contributed by atoms with Gasteiger partial charge in [-0.1, -0.05) is 27.0 Å². The Morgan fingerprint density at radius 3 is 2.45 bits per heavy atom. The molecule has 0 saturated heterocycles. The number of allylic oxidation sites excluding steroid dienone is 2. The molecule has 0 radical (unpaired) electrons. The van der Waals surface area contributed by atoms with Gasteiger partial charge in [0, 0.05) is 11.6 Å². The van der Waals surface area contributed by atoms with Gasteiger partial charge in [0.05, 0.1) is 11.0 Å². The van der Waals surface area contributed by atoms with Crippen LogP contribution in [0.4, 0.5) is 10.1 Å². The lowest BCUT2D eigenvalue weighted by molar-refractivity contribution is -0.385. The number of nitrogens with zero attached hydrogens (tertiary/aromatic N) is 1. The Labute approximate surface area is 128 Å². The lowest BCUT2D eigenvalue weighted by atomic mass is 10.1. The van der Waals surface area contributed by atoms with E-state index in [0.29, 0.717) is 11.5 Å². The number of non-ortho nitro benzene ring substituents is 1. The predicted molar refractivity (Wildman–Crippen MR) is 81.6 cm³/mol. The molecule has 0 fully saturated rings. The Morgan fingerprint density at radius 1 is 1.32 bits per heavy atom. The van der Waals surface area contributed by atoms with Gasteiger partial charge in [0.1, 0.15) is 12.4 Å². The lowest BCUT2D eigenvalue weighted by Gasteiger charge is -2.27. The van der Waals surface area contributed by atoms with Gasteiger partial charge in [0.25, 0.3) is 5.69 Å². The van der Waals surface area contributed by atoms with Gasteiger partial charge in [-0.2, -0.15) is 0 Å². The Bertz CT molecular complexity index is 610. The minimum absolute atomic E-state index is 0.0907. The third kappa shape index (κ3) is 3.72. The van der Waals surface area contributed by atoms with Crippen molar-refractivity contribution in [2.45, 2.75) is 20.0 Å². The number of hydrogen-bond donors (Lipinski definition) is 0. The molecule has 0 amide bonds. The van der Waals surface area contributed by atoms with Crippen molar-refractivity contribution in [3.05, 3.63) is 76.5 Å². The number of benzene rings is 1. The van der Waals surface area contributed by atoms with E-state index in [4.69, 9.17) is 9.47 Å². The van der Waals surface area contributed by atoms with Gasteiger partial charge in [-0.3, -0.25) is 10.1 Å². The van der Waals surface area contributed by atoms with E-state index in [1.54, 1.807) is 0 Å². The van der Waals surface area contributed by atoms with Crippen LogP contribution in [0.5, 0.6) is 0 Å². The highest BCUT2D eigenvalue weighted by molar-refractivity contribution is 5.36. The summed E-state index contributed by atoms with van der Waals surface area (Å²) in [5, 5.41) is 10.6. The van der Waals surface area contributed by atoms with Crippen LogP contribution in [0.1, 0.15) is 25.5 Å². The van der Waals surface area contributed by atoms with Crippen LogP contribution in [0, 0.1) is 15.9 Å². The average Bonchev–Trinajstić information content (AvgIpc) is 2.55. The van der Waals surface area contributed by atoms with E-state index in [2.05, 4.69) is 13.2 Å². The fraction of sp³-hybridized carbons (Fsp3) is 0.250. The van der Waals surface area contributed by atoms with Crippen molar-refractivity contribution >= 4 is 5.69 Å². The molecule has 1 aliphatic heterocycles. The molecular weight excluding hydrogens is 289 g/mol. The van der Waals surface area contributed by atoms with Gasteiger partial charge >= 0.3 is 0 Å². The van der Waals surface area contributed by atoms with E-state index < -0.39 is 16.8 Å². The largest absolute Gasteiger partial charge is 0.485 e. The molecule has 1 aliphatic rings. The maximum absolute atomic E-state index is 13.9. The van der Waals surface area contributed by atoms with Crippen molar-refractivity contribution in [1.29, 1.82) is 0 Å². The Balaban J connectivity index is 0.00000116. The maximum atomic E-state index is 13.9. The number of rotatable bonds is 4. The van der Waals surface area contributed by atoms with E-state index in [0.717, 1.165) is 6.07 Å². The summed E-state index contributed by atoms with van der Waals surface area (Å²) < 4.78 is 24.9. The molecule has 0 N–H and O–H groups in total. The molecule has 1 aromatic rings. The fourth-order valence-electron chi connectivity index (χ4n) is 1.83. The van der Waals surface area contributed by atoms with Crippen LogP contribution < -0.4 is 0 Å². The summed E-state index contributed by atoms with van der Waals surface area (Å²) >= 11 is 0. The summed E-state index contributed by atoms with van der Waals surface area (Å²) in [7, 11) is 0. The van der Waals surface area contributed by atoms with Crippen LogP contribution >= 0.6 is 0 Å². The van der Waals surface area contributed by atoms with Crippen LogP contribution in [0.2, 0.25) is 0 Å². The summed E-state index contributed by atoms with van der Waals surface area (Å²) in [6.45, 7) is 11.2.